The van der Waals surface area contributed by atoms with E-state index in [1.165, 1.54) is 30.5 Å². The fourth-order valence-electron chi connectivity index (χ4n) is 8.74. The van der Waals surface area contributed by atoms with Crippen molar-refractivity contribution < 1.29 is 37.3 Å². The highest BCUT2D eigenvalue weighted by atomic mass is 19.1. The van der Waals surface area contributed by atoms with Crippen LogP contribution in [-0.4, -0.2) is 105 Å². The number of hydrogen-bond donors (Lipinski definition) is 1. The van der Waals surface area contributed by atoms with Crippen molar-refractivity contribution in [3.05, 3.63) is 47.7 Å². The van der Waals surface area contributed by atoms with Gasteiger partial charge in [0.15, 0.2) is 12.6 Å². The van der Waals surface area contributed by atoms with Gasteiger partial charge in [0.2, 0.25) is 0 Å². The topological polar surface area (TPSA) is 113 Å². The number of piperidine rings is 1. The van der Waals surface area contributed by atoms with Gasteiger partial charge in [0.25, 0.3) is 0 Å². The van der Waals surface area contributed by atoms with Gasteiger partial charge in [-0.2, -0.15) is 9.97 Å². The molecular formula is C39H41F3N6O5. The van der Waals surface area contributed by atoms with Crippen LogP contribution in [0.2, 0.25) is 0 Å². The summed E-state index contributed by atoms with van der Waals surface area (Å²) in [7, 11) is 0. The fraction of sp³-hybridized carbons (Fsp3) is 0.487. The lowest BCUT2D eigenvalue weighted by atomic mass is 9.87. The molecule has 14 heteroatoms. The predicted octanol–water partition coefficient (Wildman–Crippen LogP) is 6.33. The molecule has 4 aliphatic rings. The highest BCUT2D eigenvalue weighted by Gasteiger charge is 2.48. The molecule has 278 valence electrons. The number of phenolic OH excluding ortho intramolecular Hbond substituents is 1. The quantitative estimate of drug-likeness (QED) is 0.163. The lowest BCUT2D eigenvalue weighted by molar-refractivity contribution is -0.0571. The molecular weight excluding hydrogens is 689 g/mol. The Bertz CT molecular complexity index is 2120. The summed E-state index contributed by atoms with van der Waals surface area (Å²) in [6.07, 6.45) is 10.1. The molecule has 0 radical (unpaired) electrons. The van der Waals surface area contributed by atoms with Crippen molar-refractivity contribution in [1.82, 2.24) is 24.8 Å². The van der Waals surface area contributed by atoms with Gasteiger partial charge in [0.1, 0.15) is 41.4 Å². The van der Waals surface area contributed by atoms with Crippen molar-refractivity contribution >= 4 is 33.6 Å². The van der Waals surface area contributed by atoms with Gasteiger partial charge in [-0.15, -0.1) is 6.42 Å². The number of nitrogens with zero attached hydrogens (tertiary/aromatic N) is 6. The van der Waals surface area contributed by atoms with Gasteiger partial charge < -0.3 is 24.2 Å². The Kier molecular flexibility index (Phi) is 9.18. The average molecular weight is 731 g/mol. The number of rotatable bonds is 8. The van der Waals surface area contributed by atoms with E-state index in [1.807, 2.05) is 18.7 Å². The van der Waals surface area contributed by atoms with Gasteiger partial charge in [-0.25, -0.2) is 18.0 Å². The number of carbonyl (C=O) groups excluding carboxylic acids is 1. The van der Waals surface area contributed by atoms with Crippen molar-refractivity contribution in [1.29, 1.82) is 0 Å². The molecule has 4 fully saturated rings. The number of aromatic hydroxyl groups is 1. The molecule has 11 nitrogen and oxygen atoms in total. The molecule has 2 aromatic heterocycles. The summed E-state index contributed by atoms with van der Waals surface area (Å²) in [6, 6.07) is 4.90. The Morgan fingerprint density at radius 3 is 2.68 bits per heavy atom. The van der Waals surface area contributed by atoms with Crippen LogP contribution in [-0.2, 0) is 9.47 Å². The summed E-state index contributed by atoms with van der Waals surface area (Å²) in [6.45, 7) is 5.58. The Morgan fingerprint density at radius 2 is 1.92 bits per heavy atom. The number of terminal acetylenes is 1. The number of anilines is 1. The molecule has 2 aromatic carbocycles. The highest BCUT2D eigenvalue weighted by Crippen LogP contribution is 2.42. The van der Waals surface area contributed by atoms with Gasteiger partial charge in [0, 0.05) is 43.2 Å². The standard InChI is InChI=1S/C39H41F3N6O5/c1-4-28-31(41)10-7-23-13-27(49)14-29(32(23)28)34-33(42)35-30(16-43-34)36(45-37(44-35)51-20-39-11-5-6-12-47(39)17-24(40)15-39)46-18-25-8-9-26(19-46)48(25)38(50)53-21-52-22(2)3/h1,7,10,13-14,16,22,24-26,49H,5-6,8-9,11-12,15,17-21H2,2-3H3/t24-,25?,26?,39+/m1/s1. The third kappa shape index (κ3) is 6.33. The van der Waals surface area contributed by atoms with Crippen molar-refractivity contribution in [3.8, 4) is 35.4 Å². The molecule has 2 unspecified atom stereocenters. The van der Waals surface area contributed by atoms with E-state index >= 15 is 4.39 Å². The number of pyridine rings is 1. The zero-order valence-electron chi connectivity index (χ0n) is 29.7. The molecule has 4 aromatic rings. The van der Waals surface area contributed by atoms with Crippen LogP contribution < -0.4 is 9.64 Å². The zero-order chi connectivity index (χ0) is 37.0. The highest BCUT2D eigenvalue weighted by molar-refractivity contribution is 6.03. The summed E-state index contributed by atoms with van der Waals surface area (Å²) in [5.74, 6) is 1.04. The number of alkyl halides is 1. The maximum atomic E-state index is 17.1. The number of carbonyl (C=O) groups is 1. The number of amides is 1. The van der Waals surface area contributed by atoms with E-state index in [9.17, 15) is 18.7 Å². The minimum absolute atomic E-state index is 0.0816. The second kappa shape index (κ2) is 13.8. The van der Waals surface area contributed by atoms with Gasteiger partial charge in [-0.3, -0.25) is 14.8 Å². The molecule has 6 heterocycles. The first-order valence-electron chi connectivity index (χ1n) is 18.2. The summed E-state index contributed by atoms with van der Waals surface area (Å²) in [5, 5.41) is 11.5. The fourth-order valence-corrected chi connectivity index (χ4v) is 8.74. The number of hydrogen-bond acceptors (Lipinski definition) is 10. The van der Waals surface area contributed by atoms with Crippen molar-refractivity contribution in [2.24, 2.45) is 0 Å². The first kappa shape index (κ1) is 35.2. The van der Waals surface area contributed by atoms with Crippen molar-refractivity contribution in [2.45, 2.75) is 82.3 Å². The molecule has 0 spiro atoms. The SMILES string of the molecule is C#Cc1c(F)ccc2cc(O)cc(-c3ncc4c(N5CC6CCC(C5)N6C(=O)OCOC(C)C)nc(OC[C@@]56CCCCN5C[C@H](F)C6)nc4c3F)c12. The molecule has 4 atom stereocenters. The van der Waals surface area contributed by atoms with Crippen molar-refractivity contribution in [2.75, 3.05) is 44.5 Å². The molecule has 53 heavy (non-hydrogen) atoms. The van der Waals surface area contributed by atoms with Crippen LogP contribution in [0.15, 0.2) is 30.5 Å². The third-order valence-corrected chi connectivity index (χ3v) is 11.2. The van der Waals surface area contributed by atoms with Gasteiger partial charge in [0.05, 0.1) is 34.7 Å². The molecule has 1 amide bonds. The minimum atomic E-state index is -0.971. The van der Waals surface area contributed by atoms with Crippen LogP contribution >= 0.6 is 0 Å². The van der Waals surface area contributed by atoms with Gasteiger partial charge in [-0.05, 0) is 69.7 Å². The molecule has 4 aliphatic heterocycles. The summed E-state index contributed by atoms with van der Waals surface area (Å²) < 4.78 is 63.9. The van der Waals surface area contributed by atoms with Crippen LogP contribution in [0.1, 0.15) is 57.9 Å². The zero-order valence-corrected chi connectivity index (χ0v) is 29.7. The van der Waals surface area contributed by atoms with E-state index in [0.29, 0.717) is 42.6 Å². The lowest BCUT2D eigenvalue weighted by Crippen LogP contribution is -2.56. The van der Waals surface area contributed by atoms with Crippen LogP contribution in [0.25, 0.3) is 32.9 Å². The van der Waals surface area contributed by atoms with Crippen LogP contribution in [0.4, 0.5) is 23.8 Å². The number of fused-ring (bicyclic) bond motifs is 5. The van der Waals surface area contributed by atoms with Crippen molar-refractivity contribution in [3.63, 3.8) is 0 Å². The van der Waals surface area contributed by atoms with Crippen LogP contribution in [0.5, 0.6) is 11.8 Å². The summed E-state index contributed by atoms with van der Waals surface area (Å²) in [4.78, 5) is 32.9. The number of piperazine rings is 1. The Hall–Kier alpha value is -4.87. The Labute approximate surface area is 305 Å². The maximum absolute atomic E-state index is 17.1. The second-order valence-corrected chi connectivity index (χ2v) is 14.8. The molecule has 0 saturated carbocycles. The van der Waals surface area contributed by atoms with E-state index in [0.717, 1.165) is 38.6 Å². The molecule has 1 N–H and O–H groups in total. The number of aromatic nitrogens is 3. The smallest absolute Gasteiger partial charge is 0.412 e. The van der Waals surface area contributed by atoms with Crippen LogP contribution in [0.3, 0.4) is 0 Å². The average Bonchev–Trinajstić information content (AvgIpc) is 3.61. The van der Waals surface area contributed by atoms with E-state index in [4.69, 9.17) is 25.6 Å². The Balaban J connectivity index is 1.20. The summed E-state index contributed by atoms with van der Waals surface area (Å²) in [5.41, 5.74) is -0.803. The molecule has 2 bridgehead atoms. The third-order valence-electron chi connectivity index (χ3n) is 11.2. The van der Waals surface area contributed by atoms with E-state index < -0.39 is 29.4 Å². The number of ether oxygens (including phenoxy) is 3. The normalized spacial score (nSPS) is 24.2. The number of phenols is 1. The largest absolute Gasteiger partial charge is 0.508 e. The molecule has 8 rings (SSSR count). The monoisotopic (exact) mass is 730 g/mol. The molecule has 4 saturated heterocycles. The van der Waals surface area contributed by atoms with Gasteiger partial charge >= 0.3 is 12.1 Å². The maximum Gasteiger partial charge on any atom is 0.412 e. The number of benzene rings is 2. The first-order valence-corrected chi connectivity index (χ1v) is 18.2. The van der Waals surface area contributed by atoms with E-state index in [2.05, 4.69) is 20.8 Å². The van der Waals surface area contributed by atoms with E-state index in [1.54, 1.807) is 4.90 Å². The number of halogens is 3. The predicted molar refractivity (Wildman–Crippen MR) is 191 cm³/mol. The van der Waals surface area contributed by atoms with E-state index in [-0.39, 0.29) is 71.1 Å². The summed E-state index contributed by atoms with van der Waals surface area (Å²) >= 11 is 0. The second-order valence-electron chi connectivity index (χ2n) is 14.8. The van der Waals surface area contributed by atoms with Crippen LogP contribution in [0, 0.1) is 24.0 Å². The lowest BCUT2D eigenvalue weighted by Gasteiger charge is -2.42. The molecule has 0 aliphatic carbocycles. The first-order chi connectivity index (χ1) is 25.5. The van der Waals surface area contributed by atoms with Gasteiger partial charge in [-0.1, -0.05) is 18.4 Å². The minimum Gasteiger partial charge on any atom is -0.508 e. The Morgan fingerprint density at radius 1 is 1.13 bits per heavy atom.